The van der Waals surface area contributed by atoms with Crippen LogP contribution in [0.2, 0.25) is 0 Å². The molecule has 5 rings (SSSR count). The van der Waals surface area contributed by atoms with Crippen LogP contribution >= 0.6 is 0 Å². The molecule has 3 heterocycles. The number of para-hydroxylation sites is 1. The van der Waals surface area contributed by atoms with Crippen LogP contribution in [0.3, 0.4) is 0 Å². The van der Waals surface area contributed by atoms with Crippen molar-refractivity contribution in [3.8, 4) is 5.75 Å². The molecule has 0 unspecified atom stereocenters. The van der Waals surface area contributed by atoms with Crippen LogP contribution in [0.25, 0.3) is 0 Å². The Morgan fingerprint density at radius 2 is 2.00 bits per heavy atom. The summed E-state index contributed by atoms with van der Waals surface area (Å²) in [7, 11) is 0. The van der Waals surface area contributed by atoms with Crippen LogP contribution in [-0.4, -0.2) is 33.4 Å². The summed E-state index contributed by atoms with van der Waals surface area (Å²) in [6.45, 7) is 0.0906. The first-order valence-corrected chi connectivity index (χ1v) is 9.14. The zero-order valence-electron chi connectivity index (χ0n) is 14.1. The summed E-state index contributed by atoms with van der Waals surface area (Å²) in [6.07, 6.45) is 7.30. The minimum absolute atomic E-state index is 0.0632. The lowest BCUT2D eigenvalue weighted by atomic mass is 9.99. The summed E-state index contributed by atoms with van der Waals surface area (Å²) < 4.78 is 5.67. The van der Waals surface area contributed by atoms with Crippen molar-refractivity contribution in [3.63, 3.8) is 0 Å². The smallest absolute Gasteiger partial charge is 0.261 e. The molecule has 1 saturated carbocycles. The fourth-order valence-corrected chi connectivity index (χ4v) is 4.15. The van der Waals surface area contributed by atoms with Gasteiger partial charge < -0.3 is 9.64 Å². The van der Waals surface area contributed by atoms with Gasteiger partial charge in [-0.25, -0.2) is 9.97 Å². The number of carbonyl (C=O) groups is 1. The third kappa shape index (κ3) is 2.68. The van der Waals surface area contributed by atoms with Crippen molar-refractivity contribution < 1.29 is 9.53 Å². The molecule has 1 amide bonds. The maximum absolute atomic E-state index is 12.8. The molecule has 1 aromatic carbocycles. The highest BCUT2D eigenvalue weighted by Crippen LogP contribution is 2.44. The molecule has 1 aromatic heterocycles. The largest absolute Gasteiger partial charge is 0.484 e. The predicted molar refractivity (Wildman–Crippen MR) is 92.3 cm³/mol. The molecule has 3 aliphatic rings. The van der Waals surface area contributed by atoms with E-state index in [0.717, 1.165) is 42.1 Å². The average molecular weight is 335 g/mol. The first-order valence-electron chi connectivity index (χ1n) is 9.14. The lowest BCUT2D eigenvalue weighted by molar-refractivity contribution is -0.137. The number of ether oxygens (including phenoxy) is 1. The highest BCUT2D eigenvalue weighted by atomic mass is 16.5. The topological polar surface area (TPSA) is 55.3 Å². The first-order chi connectivity index (χ1) is 12.3. The maximum atomic E-state index is 12.8. The number of hydrogen-bond acceptors (Lipinski definition) is 4. The number of amides is 1. The van der Waals surface area contributed by atoms with E-state index in [2.05, 4.69) is 4.98 Å². The molecule has 0 radical (unpaired) electrons. The Balaban J connectivity index is 1.34. The van der Waals surface area contributed by atoms with Gasteiger partial charge in [-0.2, -0.15) is 0 Å². The number of hydrogen-bond donors (Lipinski definition) is 0. The van der Waals surface area contributed by atoms with Crippen molar-refractivity contribution in [3.05, 3.63) is 53.6 Å². The second kappa shape index (κ2) is 5.83. The third-order valence-electron chi connectivity index (χ3n) is 5.55. The van der Waals surface area contributed by atoms with E-state index in [0.29, 0.717) is 5.92 Å². The Hall–Kier alpha value is -2.43. The van der Waals surface area contributed by atoms with Gasteiger partial charge in [0.1, 0.15) is 11.6 Å². The maximum Gasteiger partial charge on any atom is 0.261 e. The molecule has 2 fully saturated rings. The molecule has 5 heteroatoms. The van der Waals surface area contributed by atoms with E-state index in [4.69, 9.17) is 9.72 Å². The van der Waals surface area contributed by atoms with Crippen LogP contribution in [0.1, 0.15) is 54.7 Å². The number of rotatable bonds is 4. The second-order valence-corrected chi connectivity index (χ2v) is 7.26. The van der Waals surface area contributed by atoms with Crippen LogP contribution in [0.4, 0.5) is 0 Å². The van der Waals surface area contributed by atoms with Crippen molar-refractivity contribution in [1.82, 2.24) is 14.9 Å². The van der Waals surface area contributed by atoms with E-state index >= 15 is 0 Å². The Kier molecular flexibility index (Phi) is 3.47. The highest BCUT2D eigenvalue weighted by molar-refractivity contribution is 5.79. The first kappa shape index (κ1) is 14.9. The fraction of sp³-hybridized carbons (Fsp3) is 0.450. The van der Waals surface area contributed by atoms with Crippen LogP contribution in [0.5, 0.6) is 5.75 Å². The predicted octanol–water partition coefficient (Wildman–Crippen LogP) is 3.02. The van der Waals surface area contributed by atoms with E-state index in [1.54, 1.807) is 0 Å². The van der Waals surface area contributed by atoms with Gasteiger partial charge in [0.2, 0.25) is 0 Å². The van der Waals surface area contributed by atoms with E-state index in [1.165, 1.54) is 12.8 Å². The highest BCUT2D eigenvalue weighted by Gasteiger charge is 2.43. The Bertz CT molecular complexity index is 804. The zero-order valence-corrected chi connectivity index (χ0v) is 14.1. The van der Waals surface area contributed by atoms with E-state index < -0.39 is 0 Å². The number of aromatic nitrogens is 2. The Morgan fingerprint density at radius 1 is 1.16 bits per heavy atom. The SMILES string of the molecule is O=C(COc1ccccc1)N1[C@H]2CC[C@H]1c1cnc(C3CC3)nc1C2. The van der Waals surface area contributed by atoms with Gasteiger partial charge in [0, 0.05) is 30.1 Å². The summed E-state index contributed by atoms with van der Waals surface area (Å²) in [5.74, 6) is 2.37. The van der Waals surface area contributed by atoms with Gasteiger partial charge in [-0.3, -0.25) is 4.79 Å². The molecule has 0 N–H and O–H groups in total. The molecular weight excluding hydrogens is 314 g/mol. The minimum Gasteiger partial charge on any atom is -0.484 e. The zero-order chi connectivity index (χ0) is 16.8. The van der Waals surface area contributed by atoms with Crippen molar-refractivity contribution >= 4 is 5.91 Å². The molecule has 1 aliphatic carbocycles. The number of nitrogens with zero attached hydrogens (tertiary/aromatic N) is 3. The molecule has 0 spiro atoms. The second-order valence-electron chi connectivity index (χ2n) is 7.26. The molecule has 2 aromatic rings. The Labute approximate surface area is 147 Å². The standard InChI is InChI=1S/C20H21N3O2/c24-19(12-25-15-4-2-1-3-5-15)23-14-8-9-18(23)16-11-21-20(13-6-7-13)22-17(16)10-14/h1-5,11,13-14,18H,6-10,12H2/t14-,18-/m0/s1. The summed E-state index contributed by atoms with van der Waals surface area (Å²) in [4.78, 5) is 24.2. The van der Waals surface area contributed by atoms with Crippen molar-refractivity contribution in [2.24, 2.45) is 0 Å². The quantitative estimate of drug-likeness (QED) is 0.862. The lowest BCUT2D eigenvalue weighted by Gasteiger charge is -2.35. The van der Waals surface area contributed by atoms with Gasteiger partial charge in [-0.1, -0.05) is 18.2 Å². The Morgan fingerprint density at radius 3 is 2.80 bits per heavy atom. The van der Waals surface area contributed by atoms with E-state index in [9.17, 15) is 4.79 Å². The van der Waals surface area contributed by atoms with Gasteiger partial charge in [0.25, 0.3) is 5.91 Å². The van der Waals surface area contributed by atoms with Gasteiger partial charge in [-0.15, -0.1) is 0 Å². The molecule has 25 heavy (non-hydrogen) atoms. The normalized spacial score (nSPS) is 24.1. The monoisotopic (exact) mass is 335 g/mol. The van der Waals surface area contributed by atoms with Crippen LogP contribution < -0.4 is 4.74 Å². The van der Waals surface area contributed by atoms with Gasteiger partial charge in [0.15, 0.2) is 6.61 Å². The van der Waals surface area contributed by atoms with Crippen molar-refractivity contribution in [1.29, 1.82) is 0 Å². The molecule has 1 saturated heterocycles. The summed E-state index contributed by atoms with van der Waals surface area (Å²) in [5, 5.41) is 0. The van der Waals surface area contributed by atoms with Crippen molar-refractivity contribution in [2.75, 3.05) is 6.61 Å². The minimum atomic E-state index is 0.0632. The lowest BCUT2D eigenvalue weighted by Crippen LogP contribution is -2.44. The molecule has 128 valence electrons. The average Bonchev–Trinajstić information content (AvgIpc) is 3.44. The summed E-state index contributed by atoms with van der Waals surface area (Å²) in [6, 6.07) is 9.89. The molecule has 2 atom stereocenters. The third-order valence-corrected chi connectivity index (χ3v) is 5.55. The summed E-state index contributed by atoms with van der Waals surface area (Å²) in [5.41, 5.74) is 2.31. The summed E-state index contributed by atoms with van der Waals surface area (Å²) >= 11 is 0. The van der Waals surface area contributed by atoms with E-state index in [-0.39, 0.29) is 24.6 Å². The number of carbonyl (C=O) groups excluding carboxylic acids is 1. The fourth-order valence-electron chi connectivity index (χ4n) is 4.15. The van der Waals surface area contributed by atoms with Gasteiger partial charge in [0.05, 0.1) is 11.7 Å². The van der Waals surface area contributed by atoms with E-state index in [1.807, 2.05) is 41.4 Å². The van der Waals surface area contributed by atoms with Crippen LogP contribution in [-0.2, 0) is 11.2 Å². The molecule has 2 bridgehead atoms. The van der Waals surface area contributed by atoms with Gasteiger partial charge >= 0.3 is 0 Å². The molecule has 5 nitrogen and oxygen atoms in total. The number of fused-ring (bicyclic) bond motifs is 4. The number of benzene rings is 1. The molecular formula is C20H21N3O2. The van der Waals surface area contributed by atoms with Crippen LogP contribution in [0, 0.1) is 0 Å². The van der Waals surface area contributed by atoms with Gasteiger partial charge in [-0.05, 0) is 37.8 Å². The molecule has 2 aliphatic heterocycles. The van der Waals surface area contributed by atoms with Crippen molar-refractivity contribution in [2.45, 2.75) is 50.1 Å². The van der Waals surface area contributed by atoms with Crippen LogP contribution in [0.15, 0.2) is 36.5 Å².